The minimum atomic E-state index is 0.363. The largest absolute Gasteiger partial charge is 0.311 e. The van der Waals surface area contributed by atoms with Crippen LogP contribution in [0.25, 0.3) is 0 Å². The van der Waals surface area contributed by atoms with Crippen molar-refractivity contribution in [1.82, 2.24) is 5.32 Å². The van der Waals surface area contributed by atoms with Gasteiger partial charge < -0.3 is 5.32 Å². The molecule has 1 rings (SSSR count). The molecule has 0 aliphatic heterocycles. The van der Waals surface area contributed by atoms with Gasteiger partial charge >= 0.3 is 0 Å². The van der Waals surface area contributed by atoms with Crippen LogP contribution in [0, 0.1) is 23.2 Å². The van der Waals surface area contributed by atoms with E-state index in [1.54, 1.807) is 0 Å². The van der Waals surface area contributed by atoms with Crippen molar-refractivity contribution in [2.75, 3.05) is 0 Å². The maximum atomic E-state index is 3.92. The SMILES string of the molecule is CC1CCC(C(C)C)C(NC(C)C(C)(C)C)C1. The van der Waals surface area contributed by atoms with Crippen LogP contribution in [0.1, 0.15) is 67.7 Å². The third-order valence-electron chi connectivity index (χ3n) is 4.79. The molecule has 1 nitrogen and oxygen atoms in total. The van der Waals surface area contributed by atoms with E-state index in [4.69, 9.17) is 0 Å². The van der Waals surface area contributed by atoms with Gasteiger partial charge in [0.2, 0.25) is 0 Å². The van der Waals surface area contributed by atoms with Gasteiger partial charge in [0.25, 0.3) is 0 Å². The molecule has 0 heterocycles. The Balaban J connectivity index is 2.64. The second-order valence-corrected chi connectivity index (χ2v) is 7.69. The van der Waals surface area contributed by atoms with Crippen molar-refractivity contribution in [1.29, 1.82) is 0 Å². The summed E-state index contributed by atoms with van der Waals surface area (Å²) < 4.78 is 0. The van der Waals surface area contributed by atoms with E-state index in [0.717, 1.165) is 23.8 Å². The van der Waals surface area contributed by atoms with Crippen molar-refractivity contribution >= 4 is 0 Å². The monoisotopic (exact) mass is 239 g/mol. The molecule has 17 heavy (non-hydrogen) atoms. The molecule has 1 aliphatic carbocycles. The maximum absolute atomic E-state index is 3.92. The van der Waals surface area contributed by atoms with Gasteiger partial charge in [-0.1, -0.05) is 48.0 Å². The third-order valence-corrected chi connectivity index (χ3v) is 4.79. The number of hydrogen-bond donors (Lipinski definition) is 1. The van der Waals surface area contributed by atoms with Crippen LogP contribution in [0.5, 0.6) is 0 Å². The molecule has 1 N–H and O–H groups in total. The third kappa shape index (κ3) is 4.28. The molecule has 0 bridgehead atoms. The molecule has 0 spiro atoms. The Morgan fingerprint density at radius 2 is 1.65 bits per heavy atom. The Morgan fingerprint density at radius 3 is 2.12 bits per heavy atom. The van der Waals surface area contributed by atoms with Gasteiger partial charge in [0.1, 0.15) is 0 Å². The predicted octanol–water partition coefficient (Wildman–Crippen LogP) is 4.47. The van der Waals surface area contributed by atoms with Gasteiger partial charge in [0.05, 0.1) is 0 Å². The van der Waals surface area contributed by atoms with Crippen molar-refractivity contribution in [3.63, 3.8) is 0 Å². The van der Waals surface area contributed by atoms with Crippen molar-refractivity contribution < 1.29 is 0 Å². The summed E-state index contributed by atoms with van der Waals surface area (Å²) in [7, 11) is 0. The highest BCUT2D eigenvalue weighted by Gasteiger charge is 2.33. The first kappa shape index (κ1) is 15.0. The van der Waals surface area contributed by atoms with E-state index in [1.165, 1.54) is 19.3 Å². The van der Waals surface area contributed by atoms with E-state index in [1.807, 2.05) is 0 Å². The number of rotatable bonds is 3. The molecule has 1 fully saturated rings. The van der Waals surface area contributed by atoms with Gasteiger partial charge in [-0.3, -0.25) is 0 Å². The molecule has 0 aromatic carbocycles. The lowest BCUT2D eigenvalue weighted by Gasteiger charge is -2.42. The first-order valence-corrected chi connectivity index (χ1v) is 7.48. The quantitative estimate of drug-likeness (QED) is 0.766. The van der Waals surface area contributed by atoms with Crippen LogP contribution in [0.4, 0.5) is 0 Å². The molecule has 1 saturated carbocycles. The fourth-order valence-electron chi connectivity index (χ4n) is 2.96. The van der Waals surface area contributed by atoms with Crippen molar-refractivity contribution in [2.45, 2.75) is 79.8 Å². The van der Waals surface area contributed by atoms with Crippen LogP contribution < -0.4 is 5.32 Å². The van der Waals surface area contributed by atoms with Crippen molar-refractivity contribution in [3.8, 4) is 0 Å². The Kier molecular flexibility index (Phi) is 5.07. The molecular formula is C16H33N. The maximum Gasteiger partial charge on any atom is 0.0103 e. The zero-order valence-electron chi connectivity index (χ0n) is 13.0. The lowest BCUT2D eigenvalue weighted by Crippen LogP contribution is -2.50. The standard InChI is InChI=1S/C16H33N/c1-11(2)14-9-8-12(3)10-15(14)17-13(4)16(5,6)7/h11-15,17H,8-10H2,1-7H3. The zero-order valence-corrected chi connectivity index (χ0v) is 13.0. The highest BCUT2D eigenvalue weighted by Crippen LogP contribution is 2.34. The van der Waals surface area contributed by atoms with E-state index in [9.17, 15) is 0 Å². The number of hydrogen-bond acceptors (Lipinski definition) is 1. The molecular weight excluding hydrogens is 206 g/mol. The predicted molar refractivity (Wildman–Crippen MR) is 77.2 cm³/mol. The van der Waals surface area contributed by atoms with Crippen LogP contribution in [0.15, 0.2) is 0 Å². The molecule has 4 unspecified atom stereocenters. The highest BCUT2D eigenvalue weighted by molar-refractivity contribution is 4.89. The molecule has 0 radical (unpaired) electrons. The van der Waals surface area contributed by atoms with Crippen LogP contribution in [0.3, 0.4) is 0 Å². The van der Waals surface area contributed by atoms with E-state index in [2.05, 4.69) is 53.8 Å². The Bertz CT molecular complexity index is 226. The summed E-state index contributed by atoms with van der Waals surface area (Å²) in [6.45, 7) is 16.5. The summed E-state index contributed by atoms with van der Waals surface area (Å²) in [5.41, 5.74) is 0.363. The second kappa shape index (κ2) is 5.73. The topological polar surface area (TPSA) is 12.0 Å². The summed E-state index contributed by atoms with van der Waals surface area (Å²) >= 11 is 0. The lowest BCUT2D eigenvalue weighted by atomic mass is 9.73. The summed E-state index contributed by atoms with van der Waals surface area (Å²) in [6.07, 6.45) is 4.20. The summed E-state index contributed by atoms with van der Waals surface area (Å²) in [4.78, 5) is 0. The average molecular weight is 239 g/mol. The Labute approximate surface area is 109 Å². The molecule has 1 heteroatoms. The minimum absolute atomic E-state index is 0.363. The molecule has 102 valence electrons. The van der Waals surface area contributed by atoms with E-state index >= 15 is 0 Å². The molecule has 4 atom stereocenters. The highest BCUT2D eigenvalue weighted by atomic mass is 15.0. The average Bonchev–Trinajstić information content (AvgIpc) is 2.15. The first-order valence-electron chi connectivity index (χ1n) is 7.48. The van der Waals surface area contributed by atoms with Crippen LogP contribution in [-0.2, 0) is 0 Å². The van der Waals surface area contributed by atoms with Crippen molar-refractivity contribution in [2.24, 2.45) is 23.2 Å². The molecule has 0 amide bonds. The first-order chi connectivity index (χ1) is 7.71. The molecule has 1 aliphatic rings. The van der Waals surface area contributed by atoms with E-state index in [0.29, 0.717) is 11.5 Å². The molecule has 0 aromatic heterocycles. The smallest absolute Gasteiger partial charge is 0.0103 e. The van der Waals surface area contributed by atoms with Crippen LogP contribution in [-0.4, -0.2) is 12.1 Å². The van der Waals surface area contributed by atoms with Gasteiger partial charge in [-0.05, 0) is 42.9 Å². The fraction of sp³-hybridized carbons (Fsp3) is 1.00. The number of nitrogens with one attached hydrogen (secondary N) is 1. The molecule has 0 saturated heterocycles. The molecule has 0 aromatic rings. The van der Waals surface area contributed by atoms with Crippen molar-refractivity contribution in [3.05, 3.63) is 0 Å². The van der Waals surface area contributed by atoms with Gasteiger partial charge in [0, 0.05) is 12.1 Å². The normalized spacial score (nSPS) is 32.8. The van der Waals surface area contributed by atoms with Crippen LogP contribution >= 0.6 is 0 Å². The summed E-state index contributed by atoms with van der Waals surface area (Å²) in [5.74, 6) is 2.58. The zero-order chi connectivity index (χ0) is 13.2. The Hall–Kier alpha value is -0.0400. The summed E-state index contributed by atoms with van der Waals surface area (Å²) in [5, 5.41) is 3.92. The van der Waals surface area contributed by atoms with E-state index < -0.39 is 0 Å². The fourth-order valence-corrected chi connectivity index (χ4v) is 2.96. The van der Waals surface area contributed by atoms with Gasteiger partial charge in [-0.2, -0.15) is 0 Å². The minimum Gasteiger partial charge on any atom is -0.311 e. The van der Waals surface area contributed by atoms with E-state index in [-0.39, 0.29) is 0 Å². The lowest BCUT2D eigenvalue weighted by molar-refractivity contribution is 0.137. The van der Waals surface area contributed by atoms with Gasteiger partial charge in [-0.25, -0.2) is 0 Å². The second-order valence-electron chi connectivity index (χ2n) is 7.69. The Morgan fingerprint density at radius 1 is 1.06 bits per heavy atom. The summed E-state index contributed by atoms with van der Waals surface area (Å²) in [6, 6.07) is 1.33. The van der Waals surface area contributed by atoms with Gasteiger partial charge in [-0.15, -0.1) is 0 Å². The van der Waals surface area contributed by atoms with Crippen LogP contribution in [0.2, 0.25) is 0 Å². The van der Waals surface area contributed by atoms with Gasteiger partial charge in [0.15, 0.2) is 0 Å².